The monoisotopic (exact) mass is 339 g/mol. The standard InChI is InChI=1S/C18H33NO3Si/c1-4-21-23(22-5-2,17-18-11-7-6-8-12-18)16-10-14-19-13-9-15-20-3/h6-8,11-12,19H,4-5,9-10,13-17H2,1-3H3. The summed E-state index contributed by atoms with van der Waals surface area (Å²) in [5, 5.41) is 3.47. The molecule has 0 aliphatic heterocycles. The molecule has 132 valence electrons. The fourth-order valence-electron chi connectivity index (χ4n) is 2.76. The molecule has 0 radical (unpaired) electrons. The quantitative estimate of drug-likeness (QED) is 0.417. The maximum absolute atomic E-state index is 6.19. The van der Waals surface area contributed by atoms with E-state index in [1.165, 1.54) is 5.56 Å². The zero-order valence-electron chi connectivity index (χ0n) is 15.0. The molecule has 0 saturated carbocycles. The van der Waals surface area contributed by atoms with Crippen molar-refractivity contribution in [1.82, 2.24) is 5.32 Å². The predicted molar refractivity (Wildman–Crippen MR) is 97.9 cm³/mol. The lowest BCUT2D eigenvalue weighted by Crippen LogP contribution is -2.45. The summed E-state index contributed by atoms with van der Waals surface area (Å²) in [6, 6.07) is 12.5. The normalized spacial score (nSPS) is 11.8. The third kappa shape index (κ3) is 8.63. The number of benzene rings is 1. The third-order valence-electron chi connectivity index (χ3n) is 3.74. The Balaban J connectivity index is 2.50. The topological polar surface area (TPSA) is 39.7 Å². The Hall–Kier alpha value is -0.723. The van der Waals surface area contributed by atoms with E-state index in [1.807, 2.05) is 0 Å². The molecule has 0 heterocycles. The van der Waals surface area contributed by atoms with Gasteiger partial charge in [0, 0.05) is 33.0 Å². The van der Waals surface area contributed by atoms with Crippen molar-refractivity contribution in [2.75, 3.05) is 40.0 Å². The van der Waals surface area contributed by atoms with Gasteiger partial charge in [0.25, 0.3) is 0 Å². The second kappa shape index (κ2) is 12.7. The van der Waals surface area contributed by atoms with Gasteiger partial charge in [-0.15, -0.1) is 0 Å². The van der Waals surface area contributed by atoms with Crippen LogP contribution in [0.15, 0.2) is 30.3 Å². The van der Waals surface area contributed by atoms with Crippen molar-refractivity contribution in [1.29, 1.82) is 0 Å². The highest BCUT2D eigenvalue weighted by Crippen LogP contribution is 2.21. The van der Waals surface area contributed by atoms with Crippen LogP contribution in [0, 0.1) is 0 Å². The Kier molecular flexibility index (Phi) is 11.2. The fraction of sp³-hybridized carbons (Fsp3) is 0.667. The van der Waals surface area contributed by atoms with E-state index >= 15 is 0 Å². The van der Waals surface area contributed by atoms with Gasteiger partial charge in [0.05, 0.1) is 0 Å². The number of methoxy groups -OCH3 is 1. The average Bonchev–Trinajstić information content (AvgIpc) is 2.55. The lowest BCUT2D eigenvalue weighted by Gasteiger charge is -2.30. The van der Waals surface area contributed by atoms with E-state index in [-0.39, 0.29) is 0 Å². The molecule has 0 bridgehead atoms. The van der Waals surface area contributed by atoms with Gasteiger partial charge in [-0.25, -0.2) is 0 Å². The van der Waals surface area contributed by atoms with Gasteiger partial charge in [-0.1, -0.05) is 30.3 Å². The second-order valence-electron chi connectivity index (χ2n) is 5.64. The summed E-state index contributed by atoms with van der Waals surface area (Å²) in [7, 11) is -0.433. The summed E-state index contributed by atoms with van der Waals surface area (Å²) in [4.78, 5) is 0. The highest BCUT2D eigenvalue weighted by Gasteiger charge is 2.36. The lowest BCUT2D eigenvalue weighted by molar-refractivity contribution is 0.180. The van der Waals surface area contributed by atoms with Crippen LogP contribution in [0.4, 0.5) is 0 Å². The molecular formula is C18H33NO3Si. The number of hydrogen-bond acceptors (Lipinski definition) is 4. The largest absolute Gasteiger partial charge is 0.394 e. The minimum absolute atomic E-state index is 0.723. The molecule has 0 aliphatic rings. The molecule has 0 spiro atoms. The zero-order chi connectivity index (χ0) is 16.8. The summed E-state index contributed by atoms with van der Waals surface area (Å²) in [5.74, 6) is 0. The molecule has 0 saturated heterocycles. The first kappa shape index (κ1) is 20.3. The van der Waals surface area contributed by atoms with Crippen molar-refractivity contribution in [2.45, 2.75) is 38.8 Å². The molecule has 0 aromatic heterocycles. The first-order valence-corrected chi connectivity index (χ1v) is 11.0. The maximum atomic E-state index is 6.19. The van der Waals surface area contributed by atoms with Crippen molar-refractivity contribution in [3.63, 3.8) is 0 Å². The van der Waals surface area contributed by atoms with Crippen molar-refractivity contribution >= 4 is 8.56 Å². The molecule has 4 nitrogen and oxygen atoms in total. The van der Waals surface area contributed by atoms with E-state index in [2.05, 4.69) is 49.5 Å². The van der Waals surface area contributed by atoms with E-state index in [0.29, 0.717) is 0 Å². The molecule has 23 heavy (non-hydrogen) atoms. The molecule has 1 aromatic carbocycles. The number of hydrogen-bond donors (Lipinski definition) is 1. The van der Waals surface area contributed by atoms with E-state index in [0.717, 1.165) is 57.8 Å². The van der Waals surface area contributed by atoms with E-state index < -0.39 is 8.56 Å². The molecular weight excluding hydrogens is 306 g/mol. The van der Waals surface area contributed by atoms with Crippen LogP contribution in [0.25, 0.3) is 0 Å². The van der Waals surface area contributed by atoms with Gasteiger partial charge in [-0.05, 0) is 51.4 Å². The van der Waals surface area contributed by atoms with E-state index in [1.54, 1.807) is 7.11 Å². The number of ether oxygens (including phenoxy) is 1. The van der Waals surface area contributed by atoms with Crippen LogP contribution in [0.5, 0.6) is 0 Å². The summed E-state index contributed by atoms with van der Waals surface area (Å²) in [6.07, 6.45) is 2.14. The van der Waals surface area contributed by atoms with E-state index in [4.69, 9.17) is 13.6 Å². The smallest absolute Gasteiger partial charge is 0.342 e. The van der Waals surface area contributed by atoms with Crippen molar-refractivity contribution in [3.05, 3.63) is 35.9 Å². The Morgan fingerprint density at radius 3 is 2.22 bits per heavy atom. The molecule has 0 unspecified atom stereocenters. The Bertz CT molecular complexity index is 383. The highest BCUT2D eigenvalue weighted by atomic mass is 28.4. The summed E-state index contributed by atoms with van der Waals surface area (Å²) in [6.45, 7) is 8.40. The molecule has 0 fully saturated rings. The Morgan fingerprint density at radius 1 is 0.957 bits per heavy atom. The van der Waals surface area contributed by atoms with Crippen molar-refractivity contribution in [2.24, 2.45) is 0 Å². The van der Waals surface area contributed by atoms with Gasteiger partial charge in [0.1, 0.15) is 0 Å². The molecule has 1 rings (SSSR count). The molecule has 1 aromatic rings. The van der Waals surface area contributed by atoms with Gasteiger partial charge in [0.15, 0.2) is 0 Å². The first-order chi connectivity index (χ1) is 11.3. The molecule has 0 atom stereocenters. The van der Waals surface area contributed by atoms with Crippen LogP contribution in [0.3, 0.4) is 0 Å². The third-order valence-corrected chi connectivity index (χ3v) is 7.44. The zero-order valence-corrected chi connectivity index (χ0v) is 16.0. The SMILES string of the molecule is CCO[Si](CCCNCCCOC)(Cc1ccccc1)OCC. The van der Waals surface area contributed by atoms with Crippen LogP contribution in [-0.4, -0.2) is 48.6 Å². The van der Waals surface area contributed by atoms with Gasteiger partial charge in [-0.2, -0.15) is 0 Å². The van der Waals surface area contributed by atoms with Gasteiger partial charge in [-0.3, -0.25) is 0 Å². The Labute approximate surface area is 142 Å². The van der Waals surface area contributed by atoms with Crippen LogP contribution in [-0.2, 0) is 19.6 Å². The first-order valence-electron chi connectivity index (χ1n) is 8.78. The van der Waals surface area contributed by atoms with Crippen molar-refractivity contribution < 1.29 is 13.6 Å². The average molecular weight is 340 g/mol. The maximum Gasteiger partial charge on any atom is 0.342 e. The number of rotatable bonds is 14. The number of nitrogens with one attached hydrogen (secondary N) is 1. The van der Waals surface area contributed by atoms with Gasteiger partial charge < -0.3 is 18.9 Å². The van der Waals surface area contributed by atoms with Crippen LogP contribution >= 0.6 is 0 Å². The molecule has 0 amide bonds. The minimum Gasteiger partial charge on any atom is -0.394 e. The lowest BCUT2D eigenvalue weighted by atomic mass is 10.2. The predicted octanol–water partition coefficient (Wildman–Crippen LogP) is 3.30. The van der Waals surface area contributed by atoms with Crippen LogP contribution in [0.2, 0.25) is 6.04 Å². The van der Waals surface area contributed by atoms with E-state index in [9.17, 15) is 0 Å². The van der Waals surface area contributed by atoms with Crippen LogP contribution < -0.4 is 5.32 Å². The fourth-order valence-corrected chi connectivity index (χ4v) is 6.14. The highest BCUT2D eigenvalue weighted by molar-refractivity contribution is 6.66. The van der Waals surface area contributed by atoms with Gasteiger partial charge >= 0.3 is 8.56 Å². The summed E-state index contributed by atoms with van der Waals surface area (Å²) in [5.41, 5.74) is 1.31. The second-order valence-corrected chi connectivity index (χ2v) is 8.89. The summed E-state index contributed by atoms with van der Waals surface area (Å²) < 4.78 is 17.4. The van der Waals surface area contributed by atoms with Crippen molar-refractivity contribution in [3.8, 4) is 0 Å². The summed E-state index contributed by atoms with van der Waals surface area (Å²) >= 11 is 0. The Morgan fingerprint density at radius 2 is 1.61 bits per heavy atom. The molecule has 1 N–H and O–H groups in total. The van der Waals surface area contributed by atoms with Gasteiger partial charge in [0.2, 0.25) is 0 Å². The minimum atomic E-state index is -2.18. The van der Waals surface area contributed by atoms with Crippen LogP contribution in [0.1, 0.15) is 32.3 Å². The molecule has 0 aliphatic carbocycles. The molecule has 5 heteroatoms.